The van der Waals surface area contributed by atoms with Gasteiger partial charge in [0.05, 0.1) is 5.69 Å². The molecule has 0 spiro atoms. The van der Waals surface area contributed by atoms with Crippen molar-refractivity contribution in [2.45, 2.75) is 19.5 Å². The van der Waals surface area contributed by atoms with Crippen molar-refractivity contribution in [3.05, 3.63) is 10.6 Å². The lowest BCUT2D eigenvalue weighted by atomic mass is 10.3. The number of hydroxylamine groups is 1. The number of aromatic nitrogens is 2. The van der Waals surface area contributed by atoms with E-state index in [2.05, 4.69) is 14.4 Å². The van der Waals surface area contributed by atoms with Crippen molar-refractivity contribution in [2.75, 3.05) is 6.61 Å². The smallest absolute Gasteiger partial charge is 0.266 e. The largest absolute Gasteiger partial charge is 0.414 e. The predicted molar refractivity (Wildman–Crippen MR) is 48.8 cm³/mol. The third kappa shape index (κ3) is 3.74. The van der Waals surface area contributed by atoms with Crippen molar-refractivity contribution in [1.82, 2.24) is 15.1 Å². The highest BCUT2D eigenvalue weighted by Gasteiger charge is 2.28. The molecule has 1 rings (SSSR count). The zero-order chi connectivity index (χ0) is 12.2. The van der Waals surface area contributed by atoms with Crippen LogP contribution in [0.25, 0.3) is 0 Å². The van der Waals surface area contributed by atoms with Crippen LogP contribution in [0, 0.1) is 0 Å². The molecule has 0 unspecified atom stereocenters. The van der Waals surface area contributed by atoms with Gasteiger partial charge in [0.2, 0.25) is 0 Å². The molecule has 1 aromatic rings. The van der Waals surface area contributed by atoms with Crippen LogP contribution < -0.4 is 5.48 Å². The summed E-state index contributed by atoms with van der Waals surface area (Å²) in [5, 5.41) is 3.64. The molecule has 1 aromatic heterocycles. The number of halogens is 3. The molecule has 5 nitrogen and oxygen atoms in total. The van der Waals surface area contributed by atoms with E-state index in [1.807, 2.05) is 0 Å². The molecular formula is C7H8F3N3O2S. The van der Waals surface area contributed by atoms with Gasteiger partial charge < -0.3 is 0 Å². The molecule has 0 aliphatic rings. The number of carbonyl (C=O) groups excluding carboxylic acids is 1. The van der Waals surface area contributed by atoms with Gasteiger partial charge in [-0.05, 0) is 18.0 Å². The molecule has 0 fully saturated rings. The third-order valence-corrected chi connectivity index (χ3v) is 2.26. The Morgan fingerprint density at radius 2 is 2.25 bits per heavy atom. The lowest BCUT2D eigenvalue weighted by Crippen LogP contribution is -2.29. The van der Waals surface area contributed by atoms with Crippen molar-refractivity contribution < 1.29 is 22.8 Å². The van der Waals surface area contributed by atoms with Crippen LogP contribution in [-0.2, 0) is 11.3 Å². The monoisotopic (exact) mass is 255 g/mol. The van der Waals surface area contributed by atoms with Gasteiger partial charge in [0.15, 0.2) is 6.61 Å². The Bertz CT molecular complexity index is 366. The molecule has 0 aliphatic heterocycles. The van der Waals surface area contributed by atoms with Gasteiger partial charge in [-0.25, -0.2) is 5.48 Å². The minimum Gasteiger partial charge on any atom is -0.266 e. The van der Waals surface area contributed by atoms with Crippen LogP contribution in [-0.4, -0.2) is 28.3 Å². The summed E-state index contributed by atoms with van der Waals surface area (Å²) in [5.74, 6) is -0.767. The fraction of sp³-hybridized carbons (Fsp3) is 0.571. The van der Waals surface area contributed by atoms with E-state index >= 15 is 0 Å². The zero-order valence-electron chi connectivity index (χ0n) is 8.17. The molecule has 0 saturated heterocycles. The zero-order valence-corrected chi connectivity index (χ0v) is 8.98. The van der Waals surface area contributed by atoms with Crippen LogP contribution in [0.2, 0.25) is 0 Å². The molecule has 0 saturated carbocycles. The summed E-state index contributed by atoms with van der Waals surface area (Å²) in [4.78, 5) is 15.5. The summed E-state index contributed by atoms with van der Waals surface area (Å²) in [7, 11) is 0. The molecule has 1 amide bonds. The van der Waals surface area contributed by atoms with E-state index < -0.39 is 18.7 Å². The van der Waals surface area contributed by atoms with Gasteiger partial charge in [0.25, 0.3) is 5.91 Å². The van der Waals surface area contributed by atoms with E-state index in [4.69, 9.17) is 0 Å². The minimum atomic E-state index is -4.48. The van der Waals surface area contributed by atoms with E-state index in [9.17, 15) is 18.0 Å². The summed E-state index contributed by atoms with van der Waals surface area (Å²) >= 11 is 0.806. The van der Waals surface area contributed by atoms with Gasteiger partial charge in [0, 0.05) is 0 Å². The fourth-order valence-corrected chi connectivity index (χ4v) is 1.48. The molecule has 1 heterocycles. The quantitative estimate of drug-likeness (QED) is 0.824. The molecule has 0 aliphatic carbocycles. The number of rotatable bonds is 4. The van der Waals surface area contributed by atoms with Crippen LogP contribution in [0.3, 0.4) is 0 Å². The molecule has 9 heteroatoms. The summed E-state index contributed by atoms with van der Waals surface area (Å²) < 4.78 is 38.6. The maximum Gasteiger partial charge on any atom is 0.414 e. The number of amides is 1. The number of hydrogen-bond donors (Lipinski definition) is 1. The first kappa shape index (κ1) is 12.8. The second-order valence-electron chi connectivity index (χ2n) is 2.74. The van der Waals surface area contributed by atoms with Crippen molar-refractivity contribution in [2.24, 2.45) is 0 Å². The van der Waals surface area contributed by atoms with E-state index in [0.29, 0.717) is 12.1 Å². The van der Waals surface area contributed by atoms with Gasteiger partial charge in [-0.2, -0.15) is 13.2 Å². The molecule has 0 radical (unpaired) electrons. The van der Waals surface area contributed by atoms with Gasteiger partial charge in [-0.15, -0.1) is 5.10 Å². The van der Waals surface area contributed by atoms with Gasteiger partial charge in [-0.3, -0.25) is 9.63 Å². The van der Waals surface area contributed by atoms with Crippen LogP contribution in [0.4, 0.5) is 13.2 Å². The van der Waals surface area contributed by atoms with Crippen LogP contribution in [0.15, 0.2) is 0 Å². The first-order valence-electron chi connectivity index (χ1n) is 4.24. The highest BCUT2D eigenvalue weighted by Crippen LogP contribution is 2.14. The lowest BCUT2D eigenvalue weighted by molar-refractivity contribution is -0.184. The van der Waals surface area contributed by atoms with E-state index in [-0.39, 0.29) is 4.88 Å². The number of nitrogens with one attached hydrogen (secondary N) is 1. The van der Waals surface area contributed by atoms with Gasteiger partial charge in [-0.1, -0.05) is 11.4 Å². The molecule has 1 N–H and O–H groups in total. The van der Waals surface area contributed by atoms with E-state index in [1.165, 1.54) is 0 Å². The van der Waals surface area contributed by atoms with Crippen molar-refractivity contribution in [1.29, 1.82) is 0 Å². The SMILES string of the molecule is CCc1nnsc1C(=O)NOCC(F)(F)F. The Hall–Kier alpha value is -1.22. The first-order chi connectivity index (χ1) is 7.44. The molecular weight excluding hydrogens is 247 g/mol. The van der Waals surface area contributed by atoms with Gasteiger partial charge in [0.1, 0.15) is 4.88 Å². The highest BCUT2D eigenvalue weighted by molar-refractivity contribution is 7.07. The van der Waals surface area contributed by atoms with E-state index in [0.717, 1.165) is 11.5 Å². The highest BCUT2D eigenvalue weighted by atomic mass is 32.1. The van der Waals surface area contributed by atoms with Gasteiger partial charge >= 0.3 is 6.18 Å². The second kappa shape index (κ2) is 5.21. The Labute approximate surface area is 92.7 Å². The normalized spacial score (nSPS) is 11.5. The average Bonchev–Trinajstić information content (AvgIpc) is 2.63. The average molecular weight is 255 g/mol. The standard InChI is InChI=1S/C7H8F3N3O2S/c1-2-4-5(16-13-11-4)6(14)12-15-3-7(8,9)10/h2-3H2,1H3,(H,12,14). The predicted octanol–water partition coefficient (Wildman–Crippen LogP) is 1.32. The summed E-state index contributed by atoms with van der Waals surface area (Å²) in [6, 6.07) is 0. The number of carbonyl (C=O) groups is 1. The number of hydrogen-bond acceptors (Lipinski definition) is 5. The van der Waals surface area contributed by atoms with Crippen LogP contribution >= 0.6 is 11.5 Å². The minimum absolute atomic E-state index is 0.157. The Morgan fingerprint density at radius 1 is 1.56 bits per heavy atom. The lowest BCUT2D eigenvalue weighted by Gasteiger charge is -2.07. The number of alkyl halides is 3. The maximum absolute atomic E-state index is 11.7. The third-order valence-electron chi connectivity index (χ3n) is 1.50. The van der Waals surface area contributed by atoms with Crippen molar-refractivity contribution >= 4 is 17.4 Å². The van der Waals surface area contributed by atoms with Crippen LogP contribution in [0.5, 0.6) is 0 Å². The first-order valence-corrected chi connectivity index (χ1v) is 5.01. The van der Waals surface area contributed by atoms with Crippen molar-refractivity contribution in [3.63, 3.8) is 0 Å². The Morgan fingerprint density at radius 3 is 2.81 bits per heavy atom. The molecule has 0 atom stereocenters. The molecule has 16 heavy (non-hydrogen) atoms. The van der Waals surface area contributed by atoms with Crippen molar-refractivity contribution in [3.8, 4) is 0 Å². The number of aryl methyl sites for hydroxylation is 1. The number of nitrogens with zero attached hydrogens (tertiary/aromatic N) is 2. The summed E-state index contributed by atoms with van der Waals surface area (Å²) in [6.07, 6.45) is -4.01. The van der Waals surface area contributed by atoms with E-state index in [1.54, 1.807) is 12.4 Å². The summed E-state index contributed by atoms with van der Waals surface area (Å²) in [6.45, 7) is 0.219. The maximum atomic E-state index is 11.7. The fourth-order valence-electron chi connectivity index (χ4n) is 0.842. The Balaban J connectivity index is 2.47. The second-order valence-corrected chi connectivity index (χ2v) is 3.49. The molecule has 0 aromatic carbocycles. The van der Waals surface area contributed by atoms with Crippen LogP contribution in [0.1, 0.15) is 22.3 Å². The molecule has 90 valence electrons. The molecule has 0 bridgehead atoms. The topological polar surface area (TPSA) is 64.1 Å². The summed E-state index contributed by atoms with van der Waals surface area (Å²) in [5.41, 5.74) is 2.12. The Kier molecular flexibility index (Phi) is 4.19.